The summed E-state index contributed by atoms with van der Waals surface area (Å²) in [7, 11) is 0. The minimum Gasteiger partial charge on any atom is -0.439 e. The van der Waals surface area contributed by atoms with Gasteiger partial charge in [0, 0.05) is 11.6 Å². The number of pyridine rings is 1. The zero-order chi connectivity index (χ0) is 20.1. The summed E-state index contributed by atoms with van der Waals surface area (Å²) in [5, 5.41) is 3.42. The topological polar surface area (TPSA) is 68.3 Å². The van der Waals surface area contributed by atoms with E-state index in [0.717, 1.165) is 5.56 Å². The lowest BCUT2D eigenvalue weighted by molar-refractivity contribution is -0.113. The number of nitrogens with one attached hydrogen (secondary N) is 1. The number of hydrogen-bond acceptors (Lipinski definition) is 4. The first-order chi connectivity index (χ1) is 13.4. The zero-order valence-corrected chi connectivity index (χ0v) is 16.3. The lowest BCUT2D eigenvalue weighted by Gasteiger charge is -2.08. The van der Waals surface area contributed by atoms with Crippen molar-refractivity contribution in [2.75, 3.05) is 5.32 Å². The van der Waals surface area contributed by atoms with Crippen LogP contribution in [0.5, 0.6) is 11.6 Å². The first-order valence-corrected chi connectivity index (χ1v) is 9.02. The molecule has 0 saturated heterocycles. The number of aromatic nitrogens is 1. The first-order valence-electron chi connectivity index (χ1n) is 8.26. The number of nitrogens with zero attached hydrogens (tertiary/aromatic N) is 1. The van der Waals surface area contributed by atoms with Gasteiger partial charge < -0.3 is 10.1 Å². The van der Waals surface area contributed by atoms with E-state index in [-0.39, 0.29) is 11.7 Å². The highest BCUT2D eigenvalue weighted by molar-refractivity contribution is 6.42. The fourth-order valence-corrected chi connectivity index (χ4v) is 2.64. The Morgan fingerprint density at radius 1 is 1.00 bits per heavy atom. The van der Waals surface area contributed by atoms with Crippen LogP contribution in [0.3, 0.4) is 0 Å². The number of benzene rings is 2. The molecule has 3 rings (SSSR count). The smallest absolute Gasteiger partial charge is 0.255 e. The number of anilines is 1. The maximum atomic E-state index is 12.3. The Balaban J connectivity index is 1.62. The summed E-state index contributed by atoms with van der Waals surface area (Å²) < 4.78 is 5.66. The van der Waals surface area contributed by atoms with Crippen molar-refractivity contribution in [2.24, 2.45) is 0 Å². The molecule has 5 nitrogen and oxygen atoms in total. The van der Waals surface area contributed by atoms with E-state index < -0.39 is 0 Å². The van der Waals surface area contributed by atoms with E-state index in [1.54, 1.807) is 48.5 Å². The van der Waals surface area contributed by atoms with Gasteiger partial charge in [0.1, 0.15) is 11.5 Å². The monoisotopic (exact) mass is 413 g/mol. The van der Waals surface area contributed by atoms with Gasteiger partial charge in [0.2, 0.25) is 5.88 Å². The van der Waals surface area contributed by atoms with Crippen molar-refractivity contribution in [1.29, 1.82) is 0 Å². The number of ether oxygens (including phenoxy) is 1. The second kappa shape index (κ2) is 8.87. The number of hydrogen-bond donors (Lipinski definition) is 1. The molecule has 1 amide bonds. The molecule has 1 heterocycles. The van der Waals surface area contributed by atoms with Gasteiger partial charge in [0.05, 0.1) is 28.4 Å². The fraction of sp³-hybridized carbons (Fsp3) is 0.0476. The molecule has 0 aliphatic rings. The Morgan fingerprint density at radius 3 is 2.36 bits per heavy atom. The van der Waals surface area contributed by atoms with Gasteiger partial charge in [0.25, 0.3) is 5.91 Å². The van der Waals surface area contributed by atoms with E-state index in [2.05, 4.69) is 10.3 Å². The normalized spacial score (nSPS) is 10.4. The predicted molar refractivity (Wildman–Crippen MR) is 109 cm³/mol. The average Bonchev–Trinajstić information content (AvgIpc) is 2.66. The van der Waals surface area contributed by atoms with E-state index in [9.17, 15) is 9.59 Å². The molecule has 0 aliphatic carbocycles. The van der Waals surface area contributed by atoms with Crippen LogP contribution in [0.4, 0.5) is 5.69 Å². The van der Waals surface area contributed by atoms with Crippen molar-refractivity contribution in [3.63, 3.8) is 0 Å². The summed E-state index contributed by atoms with van der Waals surface area (Å²) in [6.07, 6.45) is 3.02. The quantitative estimate of drug-likeness (QED) is 0.572. The van der Waals surface area contributed by atoms with Crippen LogP contribution in [-0.4, -0.2) is 16.7 Å². The van der Waals surface area contributed by atoms with Gasteiger partial charge in [-0.3, -0.25) is 9.59 Å². The van der Waals surface area contributed by atoms with Crippen LogP contribution in [0, 0.1) is 6.42 Å². The van der Waals surface area contributed by atoms with Crippen molar-refractivity contribution >= 4 is 40.6 Å². The molecular weight excluding hydrogens is 399 g/mol. The Kier molecular flexibility index (Phi) is 6.29. The zero-order valence-electron chi connectivity index (χ0n) is 14.8. The molecule has 0 spiro atoms. The number of ketones is 1. The van der Waals surface area contributed by atoms with Gasteiger partial charge >= 0.3 is 0 Å². The Hall–Kier alpha value is -2.89. The number of halogens is 2. The molecular formula is C21H15Cl2N2O3. The summed E-state index contributed by atoms with van der Waals surface area (Å²) in [6, 6.07) is 15.0. The fourth-order valence-electron chi connectivity index (χ4n) is 2.34. The van der Waals surface area contributed by atoms with Crippen LogP contribution < -0.4 is 10.1 Å². The predicted octanol–water partition coefficient (Wildman–Crippen LogP) is 5.57. The number of carbonyl (C=O) groups excluding carboxylic acids is 2. The highest BCUT2D eigenvalue weighted by atomic mass is 35.5. The van der Waals surface area contributed by atoms with Crippen molar-refractivity contribution in [2.45, 2.75) is 6.92 Å². The molecule has 1 N–H and O–H groups in total. The summed E-state index contributed by atoms with van der Waals surface area (Å²) in [6.45, 7) is 1.50. The van der Waals surface area contributed by atoms with Gasteiger partial charge in [-0.2, -0.15) is 0 Å². The van der Waals surface area contributed by atoms with Gasteiger partial charge in [0.15, 0.2) is 0 Å². The molecule has 0 atom stereocenters. The van der Waals surface area contributed by atoms with E-state index in [0.29, 0.717) is 32.9 Å². The molecule has 2 aromatic carbocycles. The van der Waals surface area contributed by atoms with E-state index in [1.165, 1.54) is 25.6 Å². The second-order valence-corrected chi connectivity index (χ2v) is 6.71. The molecule has 0 bridgehead atoms. The van der Waals surface area contributed by atoms with Crippen molar-refractivity contribution in [3.05, 3.63) is 88.4 Å². The minimum absolute atomic E-state index is 0.0196. The summed E-state index contributed by atoms with van der Waals surface area (Å²) in [4.78, 5) is 27.5. The third-order valence-electron chi connectivity index (χ3n) is 3.65. The molecule has 28 heavy (non-hydrogen) atoms. The lowest BCUT2D eigenvalue weighted by atomic mass is 10.1. The van der Waals surface area contributed by atoms with E-state index >= 15 is 0 Å². The molecule has 1 radical (unpaired) electrons. The molecule has 0 saturated carbocycles. The third-order valence-corrected chi connectivity index (χ3v) is 4.39. The summed E-state index contributed by atoms with van der Waals surface area (Å²) >= 11 is 11.8. The molecule has 3 aromatic rings. The molecule has 0 aliphatic heterocycles. The Bertz CT molecular complexity index is 1000. The van der Waals surface area contributed by atoms with Gasteiger partial charge in [-0.25, -0.2) is 4.98 Å². The summed E-state index contributed by atoms with van der Waals surface area (Å²) in [5.74, 6) is 0.608. The Morgan fingerprint density at radius 2 is 1.75 bits per heavy atom. The van der Waals surface area contributed by atoms with Crippen molar-refractivity contribution in [1.82, 2.24) is 4.98 Å². The maximum absolute atomic E-state index is 12.3. The summed E-state index contributed by atoms with van der Waals surface area (Å²) in [5.41, 5.74) is 1.69. The molecule has 0 unspecified atom stereocenters. The average molecular weight is 414 g/mol. The van der Waals surface area contributed by atoms with Crippen molar-refractivity contribution in [3.8, 4) is 11.6 Å². The minimum atomic E-state index is -0.327. The molecule has 0 fully saturated rings. The largest absolute Gasteiger partial charge is 0.439 e. The standard InChI is InChI=1S/C21H15Cl2N2O3/c1-13(26)10-14-2-6-17(7-3-14)28-20-9-5-16(12-24-20)25-21(27)15-4-8-18(22)19(23)11-15/h2-12H,1H3,(H,25,27). The van der Waals surface area contributed by atoms with Gasteiger partial charge in [-0.05, 0) is 48.9 Å². The van der Waals surface area contributed by atoms with Crippen LogP contribution in [-0.2, 0) is 4.79 Å². The van der Waals surface area contributed by atoms with Gasteiger partial charge in [-0.1, -0.05) is 35.3 Å². The first kappa shape index (κ1) is 19.9. The molecule has 141 valence electrons. The van der Waals surface area contributed by atoms with E-state index in [4.69, 9.17) is 27.9 Å². The highest BCUT2D eigenvalue weighted by Crippen LogP contribution is 2.24. The third kappa shape index (κ3) is 5.31. The van der Waals surface area contributed by atoms with Crippen LogP contribution in [0.25, 0.3) is 0 Å². The Labute approximate surface area is 172 Å². The van der Waals surface area contributed by atoms with Crippen molar-refractivity contribution < 1.29 is 14.3 Å². The van der Waals surface area contributed by atoms with Gasteiger partial charge in [-0.15, -0.1) is 0 Å². The number of rotatable bonds is 6. The SMILES string of the molecule is CC(=O)[CH]c1ccc(Oc2ccc(NC(=O)c3ccc(Cl)c(Cl)c3)cn2)cc1. The number of carbonyl (C=O) groups is 2. The molecule has 1 aromatic heterocycles. The highest BCUT2D eigenvalue weighted by Gasteiger charge is 2.09. The van der Waals surface area contributed by atoms with Crippen LogP contribution >= 0.6 is 23.2 Å². The van der Waals surface area contributed by atoms with E-state index in [1.807, 2.05) is 0 Å². The maximum Gasteiger partial charge on any atom is 0.255 e. The number of amides is 1. The van der Waals surface area contributed by atoms with Crippen LogP contribution in [0.15, 0.2) is 60.8 Å². The number of Topliss-reactive ketones (excluding diaryl/α,β-unsaturated/α-hetero) is 1. The van der Waals surface area contributed by atoms with Crippen LogP contribution in [0.2, 0.25) is 10.0 Å². The van der Waals surface area contributed by atoms with Crippen LogP contribution in [0.1, 0.15) is 22.8 Å². The lowest BCUT2D eigenvalue weighted by Crippen LogP contribution is -2.12. The molecule has 7 heteroatoms. The second-order valence-electron chi connectivity index (χ2n) is 5.89.